The maximum atomic E-state index is 13.5. The molecule has 1 atom stereocenters. The minimum Gasteiger partial charge on any atom is -0.368 e. The third-order valence-corrected chi connectivity index (χ3v) is 7.36. The minimum absolute atomic E-state index is 0.00490. The summed E-state index contributed by atoms with van der Waals surface area (Å²) in [6, 6.07) is 7.48. The van der Waals surface area contributed by atoms with Crippen molar-refractivity contribution in [3.8, 4) is 17.3 Å². The number of nitrogens with two attached hydrogens (primary N) is 1. The fourth-order valence-corrected chi connectivity index (χ4v) is 5.37. The van der Waals surface area contributed by atoms with Gasteiger partial charge in [-0.3, -0.25) is 9.48 Å². The maximum absolute atomic E-state index is 13.5. The number of piperazine rings is 1. The van der Waals surface area contributed by atoms with Crippen molar-refractivity contribution in [3.05, 3.63) is 46.9 Å². The van der Waals surface area contributed by atoms with Crippen LogP contribution in [-0.4, -0.2) is 89.7 Å². The predicted octanol–water partition coefficient (Wildman–Crippen LogP) is -1.49. The van der Waals surface area contributed by atoms with E-state index in [1.165, 1.54) is 5.01 Å². The van der Waals surface area contributed by atoms with Gasteiger partial charge in [0.15, 0.2) is 0 Å². The van der Waals surface area contributed by atoms with Crippen molar-refractivity contribution in [1.29, 1.82) is 5.26 Å². The topological polar surface area (TPSA) is 150 Å². The summed E-state index contributed by atoms with van der Waals surface area (Å²) in [5, 5.41) is 19.8. The molecule has 1 fully saturated rings. The lowest BCUT2D eigenvalue weighted by atomic mass is 9.89. The van der Waals surface area contributed by atoms with Crippen molar-refractivity contribution in [1.82, 2.24) is 29.7 Å². The largest absolute Gasteiger partial charge is 0.368 e. The normalized spacial score (nSPS) is 16.8. The number of hydrogen-bond donors (Lipinski definition) is 1. The molecule has 4 heterocycles. The van der Waals surface area contributed by atoms with E-state index in [4.69, 9.17) is 10.7 Å². The van der Waals surface area contributed by atoms with Gasteiger partial charge in [-0.05, 0) is 30.9 Å². The monoisotopic (exact) mass is 536 g/mol. The molecule has 202 valence electrons. The number of carbonyl (C=O) groups excluding carboxylic acids is 2. The van der Waals surface area contributed by atoms with Crippen LogP contribution in [-0.2, 0) is 11.3 Å². The number of hydrogen-bond acceptors (Lipinski definition) is 8. The van der Waals surface area contributed by atoms with E-state index in [0.717, 1.165) is 39.1 Å². The number of rotatable bonds is 5. The zero-order chi connectivity index (χ0) is 28.6. The lowest BCUT2D eigenvalue weighted by molar-refractivity contribution is -0.118. The van der Waals surface area contributed by atoms with Gasteiger partial charge >= 0.3 is 6.03 Å². The van der Waals surface area contributed by atoms with Gasteiger partial charge in [-0.2, -0.15) is 15.5 Å². The van der Waals surface area contributed by atoms with Crippen LogP contribution in [0.4, 0.5) is 10.7 Å². The summed E-state index contributed by atoms with van der Waals surface area (Å²) in [5.74, 6) is 0.122. The van der Waals surface area contributed by atoms with Crippen molar-refractivity contribution in [3.63, 3.8) is 0 Å². The first-order valence-electron chi connectivity index (χ1n) is 13.2. The van der Waals surface area contributed by atoms with Crippen molar-refractivity contribution in [2.24, 2.45) is 10.8 Å². The first-order chi connectivity index (χ1) is 19.2. The number of aryl methyl sites for hydroxylation is 1. The van der Waals surface area contributed by atoms with Gasteiger partial charge in [0.2, 0.25) is 11.9 Å². The highest BCUT2D eigenvalue weighted by Crippen LogP contribution is 2.30. The lowest BCUT2D eigenvalue weighted by Gasteiger charge is -2.37. The van der Waals surface area contributed by atoms with E-state index in [1.807, 2.05) is 47.7 Å². The molecule has 0 spiro atoms. The van der Waals surface area contributed by atoms with Crippen LogP contribution >= 0.6 is 0 Å². The molecular weight excluding hydrogens is 506 g/mol. The van der Waals surface area contributed by atoms with Gasteiger partial charge in [-0.15, -0.1) is 0 Å². The number of aromatic nitrogens is 4. The molecule has 0 bridgehead atoms. The highest BCUT2D eigenvalue weighted by Gasteiger charge is 2.34. The average Bonchev–Trinajstić information content (AvgIpc) is 3.52. The van der Waals surface area contributed by atoms with Crippen LogP contribution in [0.25, 0.3) is 11.3 Å². The summed E-state index contributed by atoms with van der Waals surface area (Å²) in [5.41, 5.74) is 12.0. The van der Waals surface area contributed by atoms with Gasteiger partial charge in [-0.25, -0.2) is 19.8 Å². The standard InChI is InChI=1S/C26H30B2N10O2/c1-15-23(16(2)37(34-15)14-22(30)39)24-20(28)13-31-25(33-24)35-5-7-36(8-6-35)26(40)38-21(3-4-32-38)18-9-17(12-29)10-19(27)11-18/h4,9-11,13,21H,3,5-8,14,27-28H2,1-2H3,(H2,30,39). The molecule has 2 N–H and O–H groups in total. The Morgan fingerprint density at radius 2 is 1.90 bits per heavy atom. The molecule has 0 aliphatic carbocycles. The zero-order valence-electron chi connectivity index (χ0n) is 23.1. The van der Waals surface area contributed by atoms with Gasteiger partial charge in [0.1, 0.15) is 22.2 Å². The SMILES string of the molecule is Bc1cc(C#N)cc(C2CC=NN2C(=O)N2CCN(c3ncc(B)c(-c4c(C)nn(CC(N)=O)c4C)n3)CC2)c1. The summed E-state index contributed by atoms with van der Waals surface area (Å²) < 4.78 is 1.60. The van der Waals surface area contributed by atoms with Crippen LogP contribution in [0.5, 0.6) is 0 Å². The fraction of sp³-hybridized carbons (Fsp3) is 0.346. The van der Waals surface area contributed by atoms with Crippen molar-refractivity contribution in [2.45, 2.75) is 32.9 Å². The highest BCUT2D eigenvalue weighted by atomic mass is 16.2. The average molecular weight is 536 g/mol. The molecular formula is C26H30B2N10O2. The fourth-order valence-electron chi connectivity index (χ4n) is 5.37. The second-order valence-electron chi connectivity index (χ2n) is 10.3. The lowest BCUT2D eigenvalue weighted by Crippen LogP contribution is -2.52. The number of nitrogens with zero attached hydrogens (tertiary/aromatic N) is 9. The number of amides is 3. The number of urea groups is 1. The Morgan fingerprint density at radius 1 is 1.15 bits per heavy atom. The molecule has 1 unspecified atom stereocenters. The van der Waals surface area contributed by atoms with Crippen molar-refractivity contribution in [2.75, 3.05) is 31.1 Å². The number of benzene rings is 1. The second-order valence-corrected chi connectivity index (χ2v) is 10.3. The van der Waals surface area contributed by atoms with Crippen LogP contribution in [0.15, 0.2) is 29.5 Å². The van der Waals surface area contributed by atoms with E-state index in [9.17, 15) is 14.9 Å². The molecule has 5 rings (SSSR count). The van der Waals surface area contributed by atoms with Gasteiger partial charge in [0.05, 0.1) is 29.1 Å². The van der Waals surface area contributed by atoms with E-state index in [2.05, 4.69) is 26.2 Å². The Hall–Kier alpha value is -4.66. The molecule has 14 heteroatoms. The van der Waals surface area contributed by atoms with Crippen LogP contribution in [0, 0.1) is 25.2 Å². The molecule has 3 amide bonds. The van der Waals surface area contributed by atoms with Gasteiger partial charge in [0, 0.05) is 56.3 Å². The number of hydrazone groups is 1. The van der Waals surface area contributed by atoms with Gasteiger partial charge < -0.3 is 15.5 Å². The van der Waals surface area contributed by atoms with Crippen LogP contribution in [0.2, 0.25) is 0 Å². The molecule has 1 aromatic carbocycles. The summed E-state index contributed by atoms with van der Waals surface area (Å²) in [4.78, 5) is 38.3. The summed E-state index contributed by atoms with van der Waals surface area (Å²) in [6.45, 7) is 5.92. The molecule has 2 aliphatic heterocycles. The number of primary amides is 1. The first kappa shape index (κ1) is 26.9. The quantitative estimate of drug-likeness (QED) is 0.391. The molecule has 2 aliphatic rings. The van der Waals surface area contributed by atoms with Gasteiger partial charge in [-0.1, -0.05) is 17.6 Å². The molecule has 40 heavy (non-hydrogen) atoms. The van der Waals surface area contributed by atoms with E-state index < -0.39 is 5.91 Å². The van der Waals surface area contributed by atoms with E-state index in [-0.39, 0.29) is 18.6 Å². The maximum Gasteiger partial charge on any atom is 0.341 e. The molecule has 1 saturated heterocycles. The molecule has 0 saturated carbocycles. The van der Waals surface area contributed by atoms with E-state index in [1.54, 1.807) is 22.0 Å². The minimum atomic E-state index is -0.457. The number of carbonyl (C=O) groups is 2. The molecule has 2 aromatic heterocycles. The second kappa shape index (κ2) is 10.8. The molecule has 3 aromatic rings. The number of nitriles is 1. The third-order valence-electron chi connectivity index (χ3n) is 7.36. The third kappa shape index (κ3) is 5.14. The van der Waals surface area contributed by atoms with Gasteiger partial charge in [0.25, 0.3) is 0 Å². The summed E-state index contributed by atoms with van der Waals surface area (Å²) in [7, 11) is 3.89. The Kier molecular flexibility index (Phi) is 7.30. The highest BCUT2D eigenvalue weighted by molar-refractivity contribution is 6.35. The molecule has 0 radical (unpaired) electrons. The smallest absolute Gasteiger partial charge is 0.341 e. The Labute approximate surface area is 234 Å². The van der Waals surface area contributed by atoms with E-state index >= 15 is 0 Å². The Bertz CT molecular complexity index is 1560. The number of anilines is 1. The predicted molar refractivity (Wildman–Crippen MR) is 156 cm³/mol. The zero-order valence-corrected chi connectivity index (χ0v) is 23.1. The Morgan fingerprint density at radius 3 is 2.60 bits per heavy atom. The van der Waals surface area contributed by atoms with Crippen LogP contribution in [0.3, 0.4) is 0 Å². The van der Waals surface area contributed by atoms with Crippen LogP contribution < -0.4 is 21.6 Å². The first-order valence-corrected chi connectivity index (χ1v) is 13.2. The van der Waals surface area contributed by atoms with Crippen molar-refractivity contribution < 1.29 is 9.59 Å². The molecule has 12 nitrogen and oxygen atoms in total. The Balaban J connectivity index is 1.30. The van der Waals surface area contributed by atoms with Crippen molar-refractivity contribution >= 4 is 50.7 Å². The summed E-state index contributed by atoms with van der Waals surface area (Å²) >= 11 is 0. The van der Waals surface area contributed by atoms with E-state index in [0.29, 0.717) is 44.1 Å². The summed E-state index contributed by atoms with van der Waals surface area (Å²) in [6.07, 6.45) is 4.15. The van der Waals surface area contributed by atoms with Crippen LogP contribution in [0.1, 0.15) is 35.0 Å².